The first-order valence-corrected chi connectivity index (χ1v) is 9.24. The number of carbonyl (C=O) groups excluding carboxylic acids is 1. The molecule has 0 saturated carbocycles. The maximum Gasteiger partial charge on any atom is 0.573 e. The van der Waals surface area contributed by atoms with Crippen molar-refractivity contribution >= 4 is 24.2 Å². The van der Waals surface area contributed by atoms with E-state index in [1.165, 1.54) is 19.1 Å². The quantitative estimate of drug-likeness (QED) is 0.358. The number of nitro groups is 1. The number of nitrogens with one attached hydrogen (secondary N) is 1. The van der Waals surface area contributed by atoms with Crippen molar-refractivity contribution < 1.29 is 42.0 Å². The fourth-order valence-electron chi connectivity index (χ4n) is 3.04. The number of benzene rings is 2. The molecule has 1 unspecified atom stereocenters. The van der Waals surface area contributed by atoms with Gasteiger partial charge in [-0.25, -0.2) is 0 Å². The number of halogens is 3. The van der Waals surface area contributed by atoms with Gasteiger partial charge in [0.1, 0.15) is 12.4 Å². The lowest BCUT2D eigenvalue weighted by Crippen LogP contribution is -2.49. The molecule has 0 aliphatic carbocycles. The maximum absolute atomic E-state index is 12.5. The molecule has 10 nitrogen and oxygen atoms in total. The van der Waals surface area contributed by atoms with Gasteiger partial charge in [-0.1, -0.05) is 6.07 Å². The van der Waals surface area contributed by atoms with Crippen LogP contribution in [0.3, 0.4) is 0 Å². The van der Waals surface area contributed by atoms with Crippen LogP contribution in [0.4, 0.5) is 18.9 Å². The topological polar surface area (TPSA) is 144 Å². The van der Waals surface area contributed by atoms with E-state index in [1.807, 2.05) is 6.07 Å². The highest BCUT2D eigenvalue weighted by atomic mass is 19.4. The molecule has 1 aliphatic heterocycles. The highest BCUT2D eigenvalue weighted by Crippen LogP contribution is 2.30. The molecule has 0 saturated heterocycles. The number of nitrogens with zero attached hydrogens (tertiary/aromatic N) is 2. The molecule has 1 atom stereocenters. The van der Waals surface area contributed by atoms with E-state index in [2.05, 4.69) is 10.1 Å². The van der Waals surface area contributed by atoms with Gasteiger partial charge in [0.05, 0.1) is 23.1 Å². The molecule has 3 rings (SSSR count). The Hall–Kier alpha value is -3.83. The number of hydrogen-bond acceptors (Lipinski definition) is 8. The van der Waals surface area contributed by atoms with Crippen molar-refractivity contribution in [1.82, 2.24) is 5.32 Å². The maximum atomic E-state index is 12.5. The summed E-state index contributed by atoms with van der Waals surface area (Å²) < 4.78 is 50.9. The molecule has 0 bridgehead atoms. The largest absolute Gasteiger partial charge is 0.573 e. The summed E-state index contributed by atoms with van der Waals surface area (Å²) in [6.45, 7) is 0.765. The van der Waals surface area contributed by atoms with Crippen LogP contribution in [0, 0.1) is 21.4 Å². The molecule has 2 N–H and O–H groups in total. The minimum atomic E-state index is -4.89. The average molecular weight is 465 g/mol. The van der Waals surface area contributed by atoms with Gasteiger partial charge in [0, 0.05) is 5.56 Å². The summed E-state index contributed by atoms with van der Waals surface area (Å²) in [6.07, 6.45) is -4.89. The minimum Gasteiger partial charge on any atom is -0.483 e. The molecule has 2 aromatic carbocycles. The summed E-state index contributed by atoms with van der Waals surface area (Å²) >= 11 is 0. The number of ether oxygens (including phenoxy) is 2. The van der Waals surface area contributed by atoms with Crippen molar-refractivity contribution in [2.24, 2.45) is 0 Å². The van der Waals surface area contributed by atoms with E-state index in [4.69, 9.17) is 9.39 Å². The van der Waals surface area contributed by atoms with E-state index < -0.39 is 47.9 Å². The molecule has 33 heavy (non-hydrogen) atoms. The number of hydrogen-bond donors (Lipinski definition) is 2. The van der Waals surface area contributed by atoms with E-state index >= 15 is 0 Å². The lowest BCUT2D eigenvalue weighted by molar-refractivity contribution is -0.384. The van der Waals surface area contributed by atoms with Crippen molar-refractivity contribution in [3.8, 4) is 17.6 Å². The zero-order valence-electron chi connectivity index (χ0n) is 16.9. The molecule has 1 aliphatic rings. The van der Waals surface area contributed by atoms with Gasteiger partial charge < -0.3 is 24.5 Å². The third-order valence-corrected chi connectivity index (χ3v) is 4.60. The number of fused-ring (bicyclic) bond motifs is 1. The Morgan fingerprint density at radius 1 is 1.33 bits per heavy atom. The summed E-state index contributed by atoms with van der Waals surface area (Å²) in [5, 5.41) is 33.3. The normalized spacial score (nSPS) is 14.6. The standard InChI is InChI=1S/C19H15BF3N3O7/c1-18(9-24,25-17(27)11-2-5-13(6-3-11)33-19(21,22)23)10-31-14-7-4-12-8-32-20(28)15(12)16(14)26(29)30/h2-7,28H,8,10H2,1H3,(H,25,27). The van der Waals surface area contributed by atoms with Crippen molar-refractivity contribution in [1.29, 1.82) is 5.26 Å². The van der Waals surface area contributed by atoms with Gasteiger partial charge >= 0.3 is 19.2 Å². The minimum absolute atomic E-state index is 0.0175. The second kappa shape index (κ2) is 8.97. The number of rotatable bonds is 7. The Bertz CT molecular complexity index is 1120. The number of nitro benzene ring substituents is 1. The first-order valence-electron chi connectivity index (χ1n) is 9.24. The molecule has 1 amide bonds. The van der Waals surface area contributed by atoms with Gasteiger partial charge in [-0.15, -0.1) is 13.2 Å². The molecule has 172 valence electrons. The van der Waals surface area contributed by atoms with Crippen LogP contribution in [-0.2, 0) is 11.3 Å². The van der Waals surface area contributed by atoms with Gasteiger partial charge in [0.2, 0.25) is 0 Å². The van der Waals surface area contributed by atoms with E-state index in [-0.39, 0.29) is 23.4 Å². The van der Waals surface area contributed by atoms with Crippen molar-refractivity contribution in [2.75, 3.05) is 6.61 Å². The SMILES string of the molecule is CC(C#N)(COc1ccc2c(c1[N+](=O)[O-])B(O)OC2)NC(=O)c1ccc(OC(F)(F)F)cc1. The van der Waals surface area contributed by atoms with Crippen molar-refractivity contribution in [2.45, 2.75) is 25.4 Å². The number of carbonyl (C=O) groups is 1. The van der Waals surface area contributed by atoms with Gasteiger partial charge in [-0.05, 0) is 42.8 Å². The summed E-state index contributed by atoms with van der Waals surface area (Å²) in [5.74, 6) is -1.57. The van der Waals surface area contributed by atoms with Crippen LogP contribution in [0.15, 0.2) is 36.4 Å². The van der Waals surface area contributed by atoms with Gasteiger partial charge in [-0.3, -0.25) is 14.9 Å². The van der Waals surface area contributed by atoms with Gasteiger partial charge in [0.25, 0.3) is 5.91 Å². The Morgan fingerprint density at radius 3 is 2.58 bits per heavy atom. The number of alkyl halides is 3. The van der Waals surface area contributed by atoms with Crippen molar-refractivity contribution in [3.05, 3.63) is 57.6 Å². The van der Waals surface area contributed by atoms with Gasteiger partial charge in [-0.2, -0.15) is 5.26 Å². The molecule has 0 aromatic heterocycles. The predicted octanol–water partition coefficient (Wildman–Crippen LogP) is 1.80. The average Bonchev–Trinajstić information content (AvgIpc) is 3.12. The van der Waals surface area contributed by atoms with Crippen LogP contribution in [-0.4, -0.2) is 41.5 Å². The van der Waals surface area contributed by atoms with Crippen LogP contribution in [0.25, 0.3) is 0 Å². The molecule has 1 heterocycles. The van der Waals surface area contributed by atoms with Crippen LogP contribution in [0.5, 0.6) is 11.5 Å². The molecule has 14 heteroatoms. The third kappa shape index (κ3) is 5.51. The van der Waals surface area contributed by atoms with Crippen LogP contribution >= 0.6 is 0 Å². The molecular formula is C19H15BF3N3O7. The molecule has 2 aromatic rings. The Labute approximate surface area is 184 Å². The second-order valence-corrected chi connectivity index (χ2v) is 7.16. The summed E-state index contributed by atoms with van der Waals surface area (Å²) in [6, 6.07) is 8.60. The van der Waals surface area contributed by atoms with Crippen molar-refractivity contribution in [3.63, 3.8) is 0 Å². The monoisotopic (exact) mass is 465 g/mol. The second-order valence-electron chi connectivity index (χ2n) is 7.16. The highest BCUT2D eigenvalue weighted by molar-refractivity contribution is 6.63. The Kier molecular flexibility index (Phi) is 6.47. The molecular weight excluding hydrogens is 450 g/mol. The smallest absolute Gasteiger partial charge is 0.483 e. The van der Waals surface area contributed by atoms with Gasteiger partial charge in [0.15, 0.2) is 11.3 Å². The summed E-state index contributed by atoms with van der Waals surface area (Å²) in [7, 11) is -1.50. The zero-order chi connectivity index (χ0) is 24.4. The third-order valence-electron chi connectivity index (χ3n) is 4.60. The first kappa shape index (κ1) is 23.8. The molecule has 0 radical (unpaired) electrons. The molecule has 0 fully saturated rings. The lowest BCUT2D eigenvalue weighted by atomic mass is 9.78. The Balaban J connectivity index is 1.73. The predicted molar refractivity (Wildman–Crippen MR) is 106 cm³/mol. The van der Waals surface area contributed by atoms with E-state index in [0.717, 1.165) is 24.3 Å². The highest BCUT2D eigenvalue weighted by Gasteiger charge is 2.39. The summed E-state index contributed by atoms with van der Waals surface area (Å²) in [5.41, 5.74) is -1.89. The zero-order valence-corrected chi connectivity index (χ0v) is 16.9. The number of nitriles is 1. The van der Waals surface area contributed by atoms with E-state index in [0.29, 0.717) is 5.56 Å². The van der Waals surface area contributed by atoms with Crippen LogP contribution in [0.1, 0.15) is 22.8 Å². The fraction of sp³-hybridized carbons (Fsp3) is 0.263. The first-order chi connectivity index (χ1) is 15.4. The van der Waals surface area contributed by atoms with Crippen LogP contribution in [0.2, 0.25) is 0 Å². The van der Waals surface area contributed by atoms with Crippen LogP contribution < -0.4 is 20.3 Å². The number of amides is 1. The fourth-order valence-corrected chi connectivity index (χ4v) is 3.04. The Morgan fingerprint density at radius 2 is 2.00 bits per heavy atom. The summed E-state index contributed by atoms with van der Waals surface area (Å²) in [4.78, 5) is 23.3. The van der Waals surface area contributed by atoms with E-state index in [9.17, 15) is 38.4 Å². The van der Waals surface area contributed by atoms with E-state index in [1.54, 1.807) is 0 Å². The lowest BCUT2D eigenvalue weighted by Gasteiger charge is -2.23. The molecule has 0 spiro atoms.